The van der Waals surface area contributed by atoms with Crippen LogP contribution in [-0.2, 0) is 0 Å². The Morgan fingerprint density at radius 2 is 1.79 bits per heavy atom. The number of hydrogen-bond acceptors (Lipinski definition) is 6. The third-order valence-corrected chi connectivity index (χ3v) is 3.65. The number of carboxylic acids is 1. The molecule has 8 heteroatoms. The minimum atomic E-state index is -0.879. The van der Waals surface area contributed by atoms with Crippen LogP contribution in [0.3, 0.4) is 0 Å². The molecule has 1 aliphatic heterocycles. The predicted molar refractivity (Wildman–Crippen MR) is 91.5 cm³/mol. The second-order valence-electron chi connectivity index (χ2n) is 5.41. The molecule has 1 aromatic heterocycles. The second-order valence-corrected chi connectivity index (χ2v) is 5.41. The zero-order chi connectivity index (χ0) is 17.5. The van der Waals surface area contributed by atoms with E-state index in [1.165, 1.54) is 6.42 Å². The molecule has 0 bridgehead atoms. The molecule has 1 aliphatic rings. The molecule has 0 aliphatic carbocycles. The molecule has 0 spiro atoms. The third kappa shape index (κ3) is 4.48. The molecule has 0 atom stereocenters. The first kappa shape index (κ1) is 17.3. The molecule has 8 nitrogen and oxygen atoms in total. The molecule has 3 rings (SSSR count). The van der Waals surface area contributed by atoms with Gasteiger partial charge in [0.15, 0.2) is 11.6 Å². The molecule has 5 N–H and O–H groups in total. The lowest BCUT2D eigenvalue weighted by molar-refractivity contribution is -0.576. The fraction of sp³-hybridized carbons (Fsp3) is 0.312. The largest absolute Gasteiger partial charge is 0.754 e. The first-order valence-electron chi connectivity index (χ1n) is 7.68. The number of anilines is 3. The van der Waals surface area contributed by atoms with E-state index in [-0.39, 0.29) is 11.8 Å². The lowest BCUT2D eigenvalue weighted by Gasteiger charge is -2.26. The van der Waals surface area contributed by atoms with Gasteiger partial charge in [-0.2, -0.15) is 0 Å². The van der Waals surface area contributed by atoms with E-state index in [0.29, 0.717) is 16.1 Å². The van der Waals surface area contributed by atoms with Gasteiger partial charge in [-0.3, -0.25) is 0 Å². The number of carbonyl (C=O) groups is 1. The van der Waals surface area contributed by atoms with Gasteiger partial charge in [0.05, 0.1) is 11.6 Å². The van der Waals surface area contributed by atoms with Crippen LogP contribution in [0.2, 0.25) is 0 Å². The molecule has 1 saturated heterocycles. The van der Waals surface area contributed by atoms with Crippen LogP contribution in [0.1, 0.15) is 29.6 Å². The molecule has 0 radical (unpaired) electrons. The molecule has 2 aromatic rings. The van der Waals surface area contributed by atoms with Gasteiger partial charge in [-0.15, -0.1) is 0 Å². The van der Waals surface area contributed by atoms with Gasteiger partial charge in [0.1, 0.15) is 0 Å². The zero-order valence-electron chi connectivity index (χ0n) is 13.3. The molecule has 0 amide bonds. The van der Waals surface area contributed by atoms with Crippen molar-refractivity contribution < 1.29 is 14.6 Å². The zero-order valence-corrected chi connectivity index (χ0v) is 13.3. The summed E-state index contributed by atoms with van der Waals surface area (Å²) in [7, 11) is 0. The number of rotatable bonds is 2. The Kier molecular flexibility index (Phi) is 5.78. The van der Waals surface area contributed by atoms with Crippen LogP contribution >= 0.6 is 0 Å². The molecule has 24 heavy (non-hydrogen) atoms. The van der Waals surface area contributed by atoms with Crippen molar-refractivity contribution >= 4 is 23.6 Å². The van der Waals surface area contributed by atoms with Crippen LogP contribution in [-0.4, -0.2) is 29.1 Å². The number of nitrogens with two attached hydrogens (primary N) is 2. The molecule has 1 fully saturated rings. The van der Waals surface area contributed by atoms with E-state index in [0.717, 1.165) is 25.9 Å². The molecular formula is C16H21N5O3. The number of benzene rings is 1. The van der Waals surface area contributed by atoms with Crippen LogP contribution in [0.4, 0.5) is 17.6 Å². The average molecular weight is 331 g/mol. The van der Waals surface area contributed by atoms with Crippen molar-refractivity contribution in [2.45, 2.75) is 19.3 Å². The van der Waals surface area contributed by atoms with Crippen molar-refractivity contribution in [3.8, 4) is 0 Å². The molecule has 0 saturated carbocycles. The summed E-state index contributed by atoms with van der Waals surface area (Å²) in [5.41, 5.74) is 11.3. The van der Waals surface area contributed by atoms with Crippen LogP contribution < -0.4 is 21.1 Å². The monoisotopic (exact) mass is 331 g/mol. The van der Waals surface area contributed by atoms with Crippen LogP contribution in [0, 0.1) is 5.21 Å². The Hall–Kier alpha value is -3.03. The Balaban J connectivity index is 0.000000198. The normalized spacial score (nSPS) is 13.8. The smallest absolute Gasteiger partial charge is 0.346 e. The van der Waals surface area contributed by atoms with E-state index in [1.807, 2.05) is 0 Å². The fourth-order valence-corrected chi connectivity index (χ4v) is 2.38. The Morgan fingerprint density at radius 3 is 2.29 bits per heavy atom. The minimum Gasteiger partial charge on any atom is -0.754 e. The summed E-state index contributed by atoms with van der Waals surface area (Å²) >= 11 is 0. The molecule has 2 heterocycles. The highest BCUT2D eigenvalue weighted by Crippen LogP contribution is 2.18. The van der Waals surface area contributed by atoms with Crippen molar-refractivity contribution in [1.29, 1.82) is 0 Å². The highest BCUT2D eigenvalue weighted by Gasteiger charge is 2.16. The van der Waals surface area contributed by atoms with Gasteiger partial charge in [0.25, 0.3) is 0 Å². The van der Waals surface area contributed by atoms with Crippen molar-refractivity contribution in [1.82, 2.24) is 4.98 Å². The van der Waals surface area contributed by atoms with E-state index in [9.17, 15) is 10.0 Å². The fourth-order valence-electron chi connectivity index (χ4n) is 2.38. The lowest BCUT2D eigenvalue weighted by atomic mass is 10.1. The standard InChI is InChI=1S/C9H15N5O.C7H6O2/c10-7-6-8(12-9(11)14(7)15)13-4-2-1-3-5-13;8-7(9)6-4-2-1-3-5-6/h6H,1-5,10H2,(H2,11,12);1-5H,(H,8,9). The summed E-state index contributed by atoms with van der Waals surface area (Å²) in [6, 6.07) is 9.87. The predicted octanol–water partition coefficient (Wildman–Crippen LogP) is 1.25. The van der Waals surface area contributed by atoms with E-state index in [2.05, 4.69) is 9.88 Å². The SMILES string of the molecule is Nc1cc(N2CCCCC2)nc(N)[n+]1[O-].O=C(O)c1ccccc1. The topological polar surface area (TPSA) is 132 Å². The number of nitrogens with zero attached hydrogens (tertiary/aromatic N) is 3. The van der Waals surface area contributed by atoms with Gasteiger partial charge < -0.3 is 26.7 Å². The van der Waals surface area contributed by atoms with Gasteiger partial charge >= 0.3 is 11.9 Å². The number of nitrogen functional groups attached to an aromatic ring is 2. The highest BCUT2D eigenvalue weighted by atomic mass is 16.5. The maximum atomic E-state index is 11.2. The van der Waals surface area contributed by atoms with E-state index in [1.54, 1.807) is 36.4 Å². The van der Waals surface area contributed by atoms with Crippen molar-refractivity contribution in [2.24, 2.45) is 0 Å². The van der Waals surface area contributed by atoms with Crippen LogP contribution in [0.15, 0.2) is 36.4 Å². The Morgan fingerprint density at radius 1 is 1.17 bits per heavy atom. The van der Waals surface area contributed by atoms with Crippen molar-refractivity contribution in [2.75, 3.05) is 29.5 Å². The maximum Gasteiger partial charge on any atom is 0.346 e. The molecule has 1 aromatic carbocycles. The van der Waals surface area contributed by atoms with Gasteiger partial charge in [0, 0.05) is 13.1 Å². The highest BCUT2D eigenvalue weighted by molar-refractivity contribution is 5.87. The minimum absolute atomic E-state index is 0.0874. The Labute approximate surface area is 139 Å². The first-order chi connectivity index (χ1) is 11.5. The van der Waals surface area contributed by atoms with Gasteiger partial charge in [-0.1, -0.05) is 23.2 Å². The van der Waals surface area contributed by atoms with Crippen LogP contribution in [0.25, 0.3) is 0 Å². The van der Waals surface area contributed by atoms with Gasteiger partial charge in [-0.25, -0.2) is 9.52 Å². The number of carboxylic acid groups (broad SMARTS) is 1. The third-order valence-electron chi connectivity index (χ3n) is 3.65. The lowest BCUT2D eigenvalue weighted by Crippen LogP contribution is -2.38. The summed E-state index contributed by atoms with van der Waals surface area (Å²) in [5.74, 6) is -0.161. The van der Waals surface area contributed by atoms with Gasteiger partial charge in [0.2, 0.25) is 0 Å². The van der Waals surface area contributed by atoms with Crippen LogP contribution in [0.5, 0.6) is 0 Å². The maximum absolute atomic E-state index is 11.2. The van der Waals surface area contributed by atoms with E-state index < -0.39 is 5.97 Å². The molecular weight excluding hydrogens is 310 g/mol. The summed E-state index contributed by atoms with van der Waals surface area (Å²) in [4.78, 5) is 16.3. The quantitative estimate of drug-likeness (QED) is 0.557. The molecule has 0 unspecified atom stereocenters. The van der Waals surface area contributed by atoms with E-state index in [4.69, 9.17) is 16.6 Å². The number of aromatic nitrogens is 2. The summed E-state index contributed by atoms with van der Waals surface area (Å²) < 4.78 is 0.438. The van der Waals surface area contributed by atoms with E-state index >= 15 is 0 Å². The van der Waals surface area contributed by atoms with Crippen molar-refractivity contribution in [3.05, 3.63) is 47.2 Å². The second kappa shape index (κ2) is 8.00. The van der Waals surface area contributed by atoms with Crippen molar-refractivity contribution in [3.63, 3.8) is 0 Å². The number of hydrogen-bond donors (Lipinski definition) is 3. The first-order valence-corrected chi connectivity index (χ1v) is 7.68. The molecule has 128 valence electrons. The summed E-state index contributed by atoms with van der Waals surface area (Å²) in [5, 5.41) is 19.6. The number of aromatic carboxylic acids is 1. The summed E-state index contributed by atoms with van der Waals surface area (Å²) in [6.45, 7) is 1.91. The summed E-state index contributed by atoms with van der Waals surface area (Å²) in [6.07, 6.45) is 3.54. The Bertz CT molecular complexity index is 664. The number of piperidine rings is 1. The average Bonchev–Trinajstić information content (AvgIpc) is 2.61. The van der Waals surface area contributed by atoms with Gasteiger partial charge in [-0.05, 0) is 31.4 Å².